The first-order chi connectivity index (χ1) is 10.4. The van der Waals surface area contributed by atoms with Gasteiger partial charge in [-0.2, -0.15) is 0 Å². The Morgan fingerprint density at radius 1 is 0.818 bits per heavy atom. The Labute approximate surface area is 134 Å². The van der Waals surface area contributed by atoms with Crippen molar-refractivity contribution < 1.29 is 15.3 Å². The zero-order chi connectivity index (χ0) is 15.7. The molecule has 0 heterocycles. The molecule has 0 aromatic carbocycles. The summed E-state index contributed by atoms with van der Waals surface area (Å²) in [5, 5.41) is 31.6. The summed E-state index contributed by atoms with van der Waals surface area (Å²) in [5.74, 6) is 1.99. The third-order valence-electron chi connectivity index (χ3n) is 8.57. The van der Waals surface area contributed by atoms with Gasteiger partial charge in [-0.15, -0.1) is 0 Å². The molecule has 3 nitrogen and oxygen atoms in total. The van der Waals surface area contributed by atoms with Crippen molar-refractivity contribution in [3.8, 4) is 0 Å². The van der Waals surface area contributed by atoms with Crippen molar-refractivity contribution >= 4 is 0 Å². The van der Waals surface area contributed by atoms with Gasteiger partial charge in [0.05, 0.1) is 18.3 Å². The van der Waals surface area contributed by atoms with E-state index in [1.165, 1.54) is 12.8 Å². The van der Waals surface area contributed by atoms with Gasteiger partial charge in [-0.3, -0.25) is 0 Å². The minimum absolute atomic E-state index is 0.0715. The first kappa shape index (κ1) is 15.4. The number of rotatable bonds is 0. The van der Waals surface area contributed by atoms with Crippen molar-refractivity contribution in [2.24, 2.45) is 34.5 Å². The fraction of sp³-hybridized carbons (Fsp3) is 1.00. The second kappa shape index (κ2) is 4.94. The highest BCUT2D eigenvalue weighted by molar-refractivity contribution is 5.11. The van der Waals surface area contributed by atoms with Crippen LogP contribution in [-0.4, -0.2) is 33.6 Å². The molecule has 0 amide bonds. The quantitative estimate of drug-likeness (QED) is 0.645. The average Bonchev–Trinajstić information content (AvgIpc) is 2.79. The maximum Gasteiger partial charge on any atom is 0.0600 e. The van der Waals surface area contributed by atoms with Gasteiger partial charge in [0.2, 0.25) is 0 Å². The Kier molecular flexibility index (Phi) is 3.46. The predicted molar refractivity (Wildman–Crippen MR) is 85.1 cm³/mol. The molecule has 4 saturated carbocycles. The van der Waals surface area contributed by atoms with Crippen LogP contribution >= 0.6 is 0 Å². The van der Waals surface area contributed by atoms with E-state index in [2.05, 4.69) is 13.8 Å². The molecule has 0 aromatic heterocycles. The summed E-state index contributed by atoms with van der Waals surface area (Å²) in [6.45, 7) is 4.63. The number of hydrogen-bond acceptors (Lipinski definition) is 3. The zero-order valence-electron chi connectivity index (χ0n) is 14.0. The van der Waals surface area contributed by atoms with E-state index in [1.54, 1.807) is 0 Å². The van der Waals surface area contributed by atoms with Gasteiger partial charge < -0.3 is 15.3 Å². The highest BCUT2D eigenvalue weighted by atomic mass is 16.3. The molecule has 0 radical (unpaired) electrons. The summed E-state index contributed by atoms with van der Waals surface area (Å²) in [6.07, 6.45) is 7.47. The van der Waals surface area contributed by atoms with Crippen LogP contribution in [0, 0.1) is 34.5 Å². The van der Waals surface area contributed by atoms with Crippen LogP contribution in [0.5, 0.6) is 0 Å². The molecule has 4 fully saturated rings. The smallest absolute Gasteiger partial charge is 0.0600 e. The molecule has 0 saturated heterocycles. The van der Waals surface area contributed by atoms with Gasteiger partial charge in [0.25, 0.3) is 0 Å². The maximum atomic E-state index is 10.9. The van der Waals surface area contributed by atoms with Crippen molar-refractivity contribution in [2.45, 2.75) is 83.5 Å². The molecular weight excluding hydrogens is 276 g/mol. The number of fused-ring (bicyclic) bond motifs is 5. The lowest BCUT2D eigenvalue weighted by Gasteiger charge is -2.61. The van der Waals surface area contributed by atoms with Crippen LogP contribution in [0.2, 0.25) is 0 Å². The lowest BCUT2D eigenvalue weighted by atomic mass is 9.44. The van der Waals surface area contributed by atoms with Gasteiger partial charge >= 0.3 is 0 Å². The highest BCUT2D eigenvalue weighted by Crippen LogP contribution is 2.66. The Balaban J connectivity index is 1.68. The zero-order valence-corrected chi connectivity index (χ0v) is 14.0. The van der Waals surface area contributed by atoms with Crippen LogP contribution in [0.25, 0.3) is 0 Å². The summed E-state index contributed by atoms with van der Waals surface area (Å²) >= 11 is 0. The molecule has 4 rings (SSSR count). The minimum Gasteiger partial charge on any atom is -0.393 e. The van der Waals surface area contributed by atoms with Crippen molar-refractivity contribution in [2.75, 3.05) is 0 Å². The molecule has 3 N–H and O–H groups in total. The maximum absolute atomic E-state index is 10.9. The number of aliphatic hydroxyl groups excluding tert-OH is 3. The topological polar surface area (TPSA) is 60.7 Å². The molecule has 3 heteroatoms. The van der Waals surface area contributed by atoms with Crippen LogP contribution in [0.3, 0.4) is 0 Å². The summed E-state index contributed by atoms with van der Waals surface area (Å²) in [7, 11) is 0. The van der Waals surface area contributed by atoms with Crippen LogP contribution < -0.4 is 0 Å². The van der Waals surface area contributed by atoms with E-state index in [-0.39, 0.29) is 35.1 Å². The molecule has 4 aliphatic carbocycles. The van der Waals surface area contributed by atoms with Gasteiger partial charge in [0, 0.05) is 0 Å². The van der Waals surface area contributed by atoms with E-state index in [0.717, 1.165) is 38.5 Å². The minimum atomic E-state index is -0.265. The highest BCUT2D eigenvalue weighted by Gasteiger charge is 2.62. The Morgan fingerprint density at radius 3 is 2.32 bits per heavy atom. The molecule has 0 aliphatic heterocycles. The molecule has 4 aliphatic rings. The second-order valence-electron chi connectivity index (χ2n) is 9.37. The molecule has 126 valence electrons. The second-order valence-corrected chi connectivity index (χ2v) is 9.37. The van der Waals surface area contributed by atoms with E-state index < -0.39 is 0 Å². The van der Waals surface area contributed by atoms with Crippen LogP contribution in [0.4, 0.5) is 0 Å². The van der Waals surface area contributed by atoms with Gasteiger partial charge in [-0.05, 0) is 85.9 Å². The molecule has 0 unspecified atom stereocenters. The summed E-state index contributed by atoms with van der Waals surface area (Å²) < 4.78 is 0. The van der Waals surface area contributed by atoms with Crippen molar-refractivity contribution in [1.29, 1.82) is 0 Å². The lowest BCUT2D eigenvalue weighted by Crippen LogP contribution is -2.58. The Hall–Kier alpha value is -0.120. The third kappa shape index (κ3) is 1.91. The van der Waals surface area contributed by atoms with Gasteiger partial charge in [0.15, 0.2) is 0 Å². The normalized spacial score (nSPS) is 61.2. The molecule has 0 aromatic rings. The summed E-state index contributed by atoms with van der Waals surface area (Å²) in [5.41, 5.74) is 0.185. The molecule has 0 bridgehead atoms. The standard InChI is InChI=1S/C19H32O3/c1-18-7-5-12(20)9-11(18)3-4-13-14(18)10-16(22)19(2)8-6-15(21)17(13)19/h11-17,20-22H,3-10H2,1-2H3/t11-,12+,13+,14-,15-,16+,17+,18-,19-/m0/s1. The van der Waals surface area contributed by atoms with E-state index in [1.807, 2.05) is 0 Å². The van der Waals surface area contributed by atoms with Crippen LogP contribution in [-0.2, 0) is 0 Å². The fourth-order valence-electron chi connectivity index (χ4n) is 7.21. The Bertz CT molecular complexity index is 452. The van der Waals surface area contributed by atoms with Gasteiger partial charge in [-0.25, -0.2) is 0 Å². The van der Waals surface area contributed by atoms with Crippen LogP contribution in [0.1, 0.15) is 65.2 Å². The SMILES string of the molecule is C[C@]12CC[C@@H](O)C[C@@H]1CC[C@H]1[C@@H]3[C@@H](O)CC[C@@]3(C)[C@H](O)C[C@@H]12. The average molecular weight is 308 g/mol. The largest absolute Gasteiger partial charge is 0.393 e. The fourth-order valence-corrected chi connectivity index (χ4v) is 7.21. The molecule has 0 spiro atoms. The monoisotopic (exact) mass is 308 g/mol. The van der Waals surface area contributed by atoms with Crippen molar-refractivity contribution in [3.05, 3.63) is 0 Å². The molecule has 22 heavy (non-hydrogen) atoms. The first-order valence-electron chi connectivity index (χ1n) is 9.40. The number of aliphatic hydroxyl groups is 3. The van der Waals surface area contributed by atoms with E-state index in [9.17, 15) is 15.3 Å². The van der Waals surface area contributed by atoms with Crippen molar-refractivity contribution in [1.82, 2.24) is 0 Å². The first-order valence-corrected chi connectivity index (χ1v) is 9.40. The van der Waals surface area contributed by atoms with E-state index in [4.69, 9.17) is 0 Å². The summed E-state index contributed by atoms with van der Waals surface area (Å²) in [4.78, 5) is 0. The van der Waals surface area contributed by atoms with Gasteiger partial charge in [-0.1, -0.05) is 13.8 Å². The predicted octanol–water partition coefficient (Wildman–Crippen LogP) is 2.72. The molecular formula is C19H32O3. The number of hydrogen-bond donors (Lipinski definition) is 3. The van der Waals surface area contributed by atoms with E-state index in [0.29, 0.717) is 17.8 Å². The lowest BCUT2D eigenvalue weighted by molar-refractivity contribution is -0.174. The third-order valence-corrected chi connectivity index (χ3v) is 8.57. The van der Waals surface area contributed by atoms with Crippen LogP contribution in [0.15, 0.2) is 0 Å². The van der Waals surface area contributed by atoms with E-state index >= 15 is 0 Å². The van der Waals surface area contributed by atoms with Crippen molar-refractivity contribution in [3.63, 3.8) is 0 Å². The summed E-state index contributed by atoms with van der Waals surface area (Å²) in [6, 6.07) is 0. The Morgan fingerprint density at radius 2 is 1.55 bits per heavy atom. The van der Waals surface area contributed by atoms with Gasteiger partial charge in [0.1, 0.15) is 0 Å². The molecule has 9 atom stereocenters.